The smallest absolute Gasteiger partial charge is 0.460 e. The lowest BCUT2D eigenvalue weighted by Gasteiger charge is -2.34. The fraction of sp³-hybridized carbons (Fsp3) is 0.400. The Kier molecular flexibility index (Phi) is 9.88. The van der Waals surface area contributed by atoms with Crippen LogP contribution >= 0.6 is 0 Å². The number of hydrogen-bond acceptors (Lipinski definition) is 3. The highest BCUT2D eigenvalue weighted by atomic mass is 127. The zero-order chi connectivity index (χ0) is 26.6. The van der Waals surface area contributed by atoms with Crippen LogP contribution in [0.5, 0.6) is 0 Å². The quantitative estimate of drug-likeness (QED) is 0.267. The first-order chi connectivity index (χ1) is 15.3. The fourth-order valence-corrected chi connectivity index (χ4v) is 4.81. The molecule has 14 heteroatoms. The van der Waals surface area contributed by atoms with Gasteiger partial charge < -0.3 is 4.55 Å². The molecule has 0 saturated heterocycles. The summed E-state index contributed by atoms with van der Waals surface area (Å²) in [5, 5.41) is -7.11. The van der Waals surface area contributed by atoms with Gasteiger partial charge in [-0.2, -0.15) is 39.5 Å². The molecule has 0 fully saturated rings. The van der Waals surface area contributed by atoms with Crippen molar-refractivity contribution in [1.29, 1.82) is 0 Å². The molecule has 2 aromatic rings. The maximum Gasteiger partial charge on any atom is 0.460 e. The molecule has 0 aromatic heterocycles. The predicted octanol–water partition coefficient (Wildman–Crippen LogP) is 2.90. The monoisotopic (exact) mass is 636 g/mol. The average Bonchev–Trinajstić information content (AvgIpc) is 2.73. The van der Waals surface area contributed by atoms with E-state index < -0.39 is 33.4 Å². The molecule has 34 heavy (non-hydrogen) atoms. The summed E-state index contributed by atoms with van der Waals surface area (Å²) in [4.78, 5) is 0. The highest BCUT2D eigenvalue weighted by molar-refractivity contribution is 7.86. The van der Waals surface area contributed by atoms with Gasteiger partial charge in [-0.15, -0.1) is 0 Å². The summed E-state index contributed by atoms with van der Waals surface area (Å²) in [6.07, 6.45) is -4.90. The van der Waals surface area contributed by atoms with Crippen molar-refractivity contribution in [2.75, 3.05) is 0 Å². The fourth-order valence-electron chi connectivity index (χ4n) is 2.21. The van der Waals surface area contributed by atoms with Crippen LogP contribution < -0.4 is 21.2 Å². The van der Waals surface area contributed by atoms with Gasteiger partial charge in [0, 0.05) is 0 Å². The van der Waals surface area contributed by atoms with Gasteiger partial charge in [0.05, 0.1) is 0 Å². The molecule has 3 nitrogen and oxygen atoms in total. The van der Waals surface area contributed by atoms with Crippen molar-refractivity contribution in [2.45, 2.75) is 50.0 Å². The Balaban J connectivity index is 0.000000340. The van der Waals surface area contributed by atoms with Crippen LogP contribution in [0.2, 0.25) is 0 Å². The molecular formula is C20H18F9IO3S. The first-order valence-electron chi connectivity index (χ1n) is 9.30. The number of halogens is 10. The molecular weight excluding hydrogens is 618 g/mol. The van der Waals surface area contributed by atoms with Gasteiger partial charge in [0.15, 0.2) is 17.3 Å². The Labute approximate surface area is 200 Å². The van der Waals surface area contributed by atoms with Crippen molar-refractivity contribution in [3.05, 3.63) is 66.8 Å². The first kappa shape index (κ1) is 30.5. The van der Waals surface area contributed by atoms with Crippen molar-refractivity contribution in [3.8, 4) is 0 Å². The van der Waals surface area contributed by atoms with Crippen molar-refractivity contribution in [1.82, 2.24) is 0 Å². The largest absolute Gasteiger partial charge is 0.743 e. The number of benzene rings is 2. The highest BCUT2D eigenvalue weighted by Crippen LogP contribution is 2.54. The number of aryl methyl sites for hydroxylation is 2. The molecule has 0 amide bonds. The van der Waals surface area contributed by atoms with E-state index >= 15 is 0 Å². The third-order valence-electron chi connectivity index (χ3n) is 4.29. The normalized spacial score (nSPS) is 13.3. The minimum Gasteiger partial charge on any atom is -0.743 e. The molecule has 192 valence electrons. The van der Waals surface area contributed by atoms with Crippen LogP contribution in [0.1, 0.15) is 25.0 Å². The molecule has 0 aliphatic carbocycles. The summed E-state index contributed by atoms with van der Waals surface area (Å²) >= 11 is -0.00746. The maximum absolute atomic E-state index is 12.2. The molecule has 0 aliphatic rings. The van der Waals surface area contributed by atoms with Crippen molar-refractivity contribution in [3.63, 3.8) is 0 Å². The maximum atomic E-state index is 12.2. The summed E-state index contributed by atoms with van der Waals surface area (Å²) < 4.78 is 138. The van der Waals surface area contributed by atoms with Crippen LogP contribution in [0.3, 0.4) is 0 Å². The third kappa shape index (κ3) is 6.77. The third-order valence-corrected chi connectivity index (χ3v) is 7.86. The lowest BCUT2D eigenvalue weighted by atomic mass is 10.1. The van der Waals surface area contributed by atoms with Gasteiger partial charge in [0.1, 0.15) is 0 Å². The second-order valence-electron chi connectivity index (χ2n) is 6.67. The van der Waals surface area contributed by atoms with E-state index in [1.165, 1.54) is 18.3 Å². The van der Waals surface area contributed by atoms with E-state index in [2.05, 4.69) is 62.4 Å². The van der Waals surface area contributed by atoms with E-state index in [0.29, 0.717) is 0 Å². The SMILES string of the molecule is CCc1ccc([I+]c2ccc(CC)cc2)cc1.O=S(=O)([O-])C(F)(F)C(F)(F)C(F)(F)C(F)(F)F. The van der Waals surface area contributed by atoms with Gasteiger partial charge in [0.25, 0.3) is 0 Å². The van der Waals surface area contributed by atoms with Crippen LogP contribution in [0.4, 0.5) is 39.5 Å². The van der Waals surface area contributed by atoms with Crippen LogP contribution in [0, 0.1) is 7.14 Å². The standard InChI is InChI=1S/C16H18I.C4HF9O3S/c1-3-13-5-9-15(10-6-13)17-16-11-7-14(4-2)8-12-16;5-1(6,3(9,10)11)2(7,8)4(12,13)17(14,15)16/h5-12H,3-4H2,1-2H3;(H,14,15,16)/q+1;/p-1. The molecule has 0 heterocycles. The van der Waals surface area contributed by atoms with Gasteiger partial charge >= 0.3 is 44.5 Å². The molecule has 0 bridgehead atoms. The zero-order valence-electron chi connectivity index (χ0n) is 17.4. The van der Waals surface area contributed by atoms with Crippen molar-refractivity contribution >= 4 is 10.1 Å². The average molecular weight is 636 g/mol. The summed E-state index contributed by atoms with van der Waals surface area (Å²) in [5.41, 5.74) is 2.86. The van der Waals surface area contributed by atoms with Gasteiger partial charge in [-0.25, -0.2) is 8.42 Å². The molecule has 2 aromatic carbocycles. The second-order valence-corrected chi connectivity index (χ2v) is 11.1. The zero-order valence-corrected chi connectivity index (χ0v) is 20.4. The van der Waals surface area contributed by atoms with Gasteiger partial charge in [0.2, 0.25) is 0 Å². The summed E-state index contributed by atoms with van der Waals surface area (Å²) in [6, 6.07) is 18.2. The topological polar surface area (TPSA) is 57.2 Å². The molecule has 0 saturated carbocycles. The summed E-state index contributed by atoms with van der Waals surface area (Å²) in [5.74, 6) is -14.8. The Morgan fingerprint density at radius 2 is 1.00 bits per heavy atom. The Bertz CT molecular complexity index is 991. The van der Waals surface area contributed by atoms with E-state index in [0.717, 1.165) is 12.8 Å². The number of rotatable bonds is 7. The molecule has 0 unspecified atom stereocenters. The Hall–Kier alpha value is -1.55. The number of alkyl halides is 9. The summed E-state index contributed by atoms with van der Waals surface area (Å²) in [7, 11) is -7.42. The Morgan fingerprint density at radius 1 is 0.676 bits per heavy atom. The summed E-state index contributed by atoms with van der Waals surface area (Å²) in [6.45, 7) is 4.40. The van der Waals surface area contributed by atoms with E-state index in [1.807, 2.05) is 0 Å². The van der Waals surface area contributed by atoms with Gasteiger partial charge in [-0.05, 0) is 48.2 Å². The molecule has 0 atom stereocenters. The lowest BCUT2D eigenvalue weighted by Crippen LogP contribution is -3.61. The van der Waals surface area contributed by atoms with Crippen LogP contribution in [-0.2, 0) is 23.0 Å². The Morgan fingerprint density at radius 3 is 1.24 bits per heavy atom. The van der Waals surface area contributed by atoms with E-state index in [1.54, 1.807) is 0 Å². The van der Waals surface area contributed by atoms with Crippen LogP contribution in [-0.4, -0.2) is 36.2 Å². The van der Waals surface area contributed by atoms with Gasteiger partial charge in [-0.1, -0.05) is 38.1 Å². The van der Waals surface area contributed by atoms with E-state index in [4.69, 9.17) is 0 Å². The molecule has 2 rings (SSSR count). The first-order valence-corrected chi connectivity index (χ1v) is 12.9. The lowest BCUT2D eigenvalue weighted by molar-refractivity contribution is -0.597. The minimum atomic E-state index is -7.43. The number of hydrogen-bond donors (Lipinski definition) is 0. The molecule has 0 aliphatic heterocycles. The van der Waals surface area contributed by atoms with E-state index in [-0.39, 0.29) is 21.2 Å². The molecule has 0 spiro atoms. The minimum absolute atomic E-state index is 0.00746. The predicted molar refractivity (Wildman–Crippen MR) is 99.6 cm³/mol. The molecule has 0 N–H and O–H groups in total. The van der Waals surface area contributed by atoms with Crippen LogP contribution in [0.15, 0.2) is 48.5 Å². The molecule has 0 radical (unpaired) electrons. The van der Waals surface area contributed by atoms with Crippen LogP contribution in [0.25, 0.3) is 0 Å². The van der Waals surface area contributed by atoms with Gasteiger partial charge in [-0.3, -0.25) is 0 Å². The highest BCUT2D eigenvalue weighted by Gasteiger charge is 2.83. The van der Waals surface area contributed by atoms with Crippen molar-refractivity contribution < 1.29 is 73.7 Å². The second kappa shape index (κ2) is 11.0. The van der Waals surface area contributed by atoms with Crippen molar-refractivity contribution in [2.24, 2.45) is 0 Å². The van der Waals surface area contributed by atoms with E-state index in [9.17, 15) is 52.5 Å².